The highest BCUT2D eigenvalue weighted by atomic mass is 79.9. The second-order valence-electron chi connectivity index (χ2n) is 5.01. The van der Waals surface area contributed by atoms with Crippen LogP contribution in [0.1, 0.15) is 5.69 Å². The minimum Gasteiger partial charge on any atom is -0.383 e. The van der Waals surface area contributed by atoms with Gasteiger partial charge >= 0.3 is 0 Å². The van der Waals surface area contributed by atoms with Gasteiger partial charge in [0.05, 0.1) is 11.3 Å². The Morgan fingerprint density at radius 1 is 1.10 bits per heavy atom. The second kappa shape index (κ2) is 5.04. The van der Waals surface area contributed by atoms with Gasteiger partial charge in [-0.3, -0.25) is 9.36 Å². The Balaban J connectivity index is 2.31. The quantitative estimate of drug-likeness (QED) is 0.775. The van der Waals surface area contributed by atoms with Crippen LogP contribution in [0.3, 0.4) is 0 Å². The molecule has 2 heterocycles. The molecule has 0 bridgehead atoms. The molecule has 0 radical (unpaired) electrons. The largest absolute Gasteiger partial charge is 0.383 e. The van der Waals surface area contributed by atoms with Gasteiger partial charge in [0.2, 0.25) is 0 Å². The van der Waals surface area contributed by atoms with Gasteiger partial charge in [0.25, 0.3) is 0 Å². The van der Waals surface area contributed by atoms with Crippen LogP contribution >= 0.6 is 15.9 Å². The number of hydrogen-bond donors (Lipinski definition) is 1. The van der Waals surface area contributed by atoms with Crippen LogP contribution in [0.15, 0.2) is 34.9 Å². The Morgan fingerprint density at radius 3 is 2.43 bits per heavy atom. The first-order valence-electron chi connectivity index (χ1n) is 6.57. The van der Waals surface area contributed by atoms with Gasteiger partial charge in [-0.2, -0.15) is 10.2 Å². The lowest BCUT2D eigenvalue weighted by atomic mass is 10.0. The molecule has 5 nitrogen and oxygen atoms in total. The first-order valence-corrected chi connectivity index (χ1v) is 7.36. The van der Waals surface area contributed by atoms with Crippen LogP contribution in [0, 0.1) is 6.92 Å². The first-order chi connectivity index (χ1) is 9.99. The zero-order chi connectivity index (χ0) is 15.1. The van der Waals surface area contributed by atoms with Crippen LogP contribution in [-0.4, -0.2) is 19.6 Å². The van der Waals surface area contributed by atoms with E-state index in [0.717, 1.165) is 32.6 Å². The molecule has 0 aliphatic rings. The van der Waals surface area contributed by atoms with Crippen LogP contribution in [0.25, 0.3) is 22.4 Å². The fraction of sp³-hybridized carbons (Fsp3) is 0.200. The average Bonchev–Trinajstić information content (AvgIpc) is 2.91. The summed E-state index contributed by atoms with van der Waals surface area (Å²) in [6.45, 7) is 1.98. The third-order valence-corrected chi connectivity index (χ3v) is 4.19. The summed E-state index contributed by atoms with van der Waals surface area (Å²) < 4.78 is 4.49. The molecule has 6 heteroatoms. The molecule has 2 aromatic heterocycles. The molecule has 0 unspecified atom stereocenters. The SMILES string of the molecule is Cc1nn(C)cc1-c1nn(C)c(N)c1-c1ccccc1Br. The summed E-state index contributed by atoms with van der Waals surface area (Å²) in [5.41, 5.74) is 11.0. The van der Waals surface area contributed by atoms with Gasteiger partial charge in [-0.25, -0.2) is 0 Å². The second-order valence-corrected chi connectivity index (χ2v) is 5.87. The highest BCUT2D eigenvalue weighted by Crippen LogP contribution is 2.39. The van der Waals surface area contributed by atoms with Crippen molar-refractivity contribution in [2.24, 2.45) is 14.1 Å². The summed E-state index contributed by atoms with van der Waals surface area (Å²) in [5, 5.41) is 8.99. The van der Waals surface area contributed by atoms with E-state index in [0.29, 0.717) is 5.82 Å². The predicted octanol–water partition coefficient (Wildman–Crippen LogP) is 3.14. The Bertz CT molecular complexity index is 816. The van der Waals surface area contributed by atoms with E-state index in [-0.39, 0.29) is 0 Å². The summed E-state index contributed by atoms with van der Waals surface area (Å²) in [4.78, 5) is 0. The zero-order valence-corrected chi connectivity index (χ0v) is 13.7. The fourth-order valence-electron chi connectivity index (χ4n) is 2.49. The van der Waals surface area contributed by atoms with Gasteiger partial charge in [0.1, 0.15) is 11.5 Å². The van der Waals surface area contributed by atoms with Gasteiger partial charge in [-0.15, -0.1) is 0 Å². The number of anilines is 1. The molecule has 0 aliphatic heterocycles. The third kappa shape index (κ3) is 2.25. The number of rotatable bonds is 2. The van der Waals surface area contributed by atoms with E-state index < -0.39 is 0 Å². The van der Waals surface area contributed by atoms with E-state index in [2.05, 4.69) is 26.1 Å². The van der Waals surface area contributed by atoms with Crippen molar-refractivity contribution in [1.82, 2.24) is 19.6 Å². The van der Waals surface area contributed by atoms with E-state index in [1.807, 2.05) is 51.5 Å². The van der Waals surface area contributed by atoms with Crippen molar-refractivity contribution in [3.05, 3.63) is 40.6 Å². The molecule has 0 spiro atoms. The molecule has 3 aromatic rings. The standard InChI is InChI=1S/C15H16BrN5/c1-9-11(8-20(2)18-9)14-13(15(17)21(3)19-14)10-6-4-5-7-12(10)16/h4-8H,17H2,1-3H3. The molecule has 108 valence electrons. The van der Waals surface area contributed by atoms with Crippen LogP contribution in [-0.2, 0) is 14.1 Å². The van der Waals surface area contributed by atoms with Crippen molar-refractivity contribution in [1.29, 1.82) is 0 Å². The number of nitrogens with two attached hydrogens (primary N) is 1. The summed E-state index contributed by atoms with van der Waals surface area (Å²) in [6, 6.07) is 8.01. The molecule has 0 aliphatic carbocycles. The number of nitrogens with zero attached hydrogens (tertiary/aromatic N) is 4. The summed E-state index contributed by atoms with van der Waals surface area (Å²) in [7, 11) is 3.76. The van der Waals surface area contributed by atoms with Crippen molar-refractivity contribution in [2.75, 3.05) is 5.73 Å². The molecule has 21 heavy (non-hydrogen) atoms. The topological polar surface area (TPSA) is 61.7 Å². The van der Waals surface area contributed by atoms with Crippen molar-refractivity contribution in [3.8, 4) is 22.4 Å². The monoisotopic (exact) mass is 345 g/mol. The molecule has 1 aromatic carbocycles. The summed E-state index contributed by atoms with van der Waals surface area (Å²) >= 11 is 3.59. The molecule has 0 atom stereocenters. The fourth-order valence-corrected chi connectivity index (χ4v) is 2.97. The van der Waals surface area contributed by atoms with Gasteiger partial charge in [0, 0.05) is 35.9 Å². The molecule has 3 rings (SSSR count). The van der Waals surface area contributed by atoms with Gasteiger partial charge in [-0.1, -0.05) is 34.1 Å². The average molecular weight is 346 g/mol. The van der Waals surface area contributed by atoms with E-state index in [1.54, 1.807) is 9.36 Å². The van der Waals surface area contributed by atoms with Crippen LogP contribution in [0.5, 0.6) is 0 Å². The van der Waals surface area contributed by atoms with Gasteiger partial charge in [0.15, 0.2) is 0 Å². The molecular formula is C15H16BrN5. The number of halogens is 1. The lowest BCUT2D eigenvalue weighted by molar-refractivity contribution is 0.756. The molecule has 0 fully saturated rings. The van der Waals surface area contributed by atoms with E-state index >= 15 is 0 Å². The normalized spacial score (nSPS) is 11.0. The summed E-state index contributed by atoms with van der Waals surface area (Å²) in [5.74, 6) is 0.639. The molecule has 0 saturated carbocycles. The zero-order valence-electron chi connectivity index (χ0n) is 12.1. The highest BCUT2D eigenvalue weighted by molar-refractivity contribution is 9.10. The number of nitrogen functional groups attached to an aromatic ring is 1. The first kappa shape index (κ1) is 13.9. The Morgan fingerprint density at radius 2 is 1.81 bits per heavy atom. The maximum absolute atomic E-state index is 6.25. The lowest BCUT2D eigenvalue weighted by Crippen LogP contribution is -1.98. The van der Waals surface area contributed by atoms with Crippen LogP contribution in [0.4, 0.5) is 5.82 Å². The minimum absolute atomic E-state index is 0.639. The molecule has 0 amide bonds. The Hall–Kier alpha value is -2.08. The number of aryl methyl sites for hydroxylation is 3. The van der Waals surface area contributed by atoms with Crippen molar-refractivity contribution in [3.63, 3.8) is 0 Å². The minimum atomic E-state index is 0.639. The van der Waals surface area contributed by atoms with Crippen molar-refractivity contribution < 1.29 is 0 Å². The van der Waals surface area contributed by atoms with Crippen LogP contribution in [0.2, 0.25) is 0 Å². The van der Waals surface area contributed by atoms with Crippen molar-refractivity contribution >= 4 is 21.7 Å². The van der Waals surface area contributed by atoms with E-state index in [1.165, 1.54) is 0 Å². The Labute approximate surface area is 131 Å². The highest BCUT2D eigenvalue weighted by Gasteiger charge is 2.21. The molecule has 2 N–H and O–H groups in total. The van der Waals surface area contributed by atoms with E-state index in [9.17, 15) is 0 Å². The molecular weight excluding hydrogens is 330 g/mol. The van der Waals surface area contributed by atoms with Gasteiger partial charge < -0.3 is 5.73 Å². The smallest absolute Gasteiger partial charge is 0.129 e. The number of benzene rings is 1. The number of aromatic nitrogens is 4. The predicted molar refractivity (Wildman–Crippen MR) is 87.7 cm³/mol. The maximum Gasteiger partial charge on any atom is 0.129 e. The summed E-state index contributed by atoms with van der Waals surface area (Å²) in [6.07, 6.45) is 1.97. The molecule has 0 saturated heterocycles. The Kier molecular flexibility index (Phi) is 3.33. The van der Waals surface area contributed by atoms with Gasteiger partial charge in [-0.05, 0) is 13.0 Å². The maximum atomic E-state index is 6.25. The lowest BCUT2D eigenvalue weighted by Gasteiger charge is -2.06. The van der Waals surface area contributed by atoms with Crippen LogP contribution < -0.4 is 5.73 Å². The third-order valence-electron chi connectivity index (χ3n) is 3.50. The number of hydrogen-bond acceptors (Lipinski definition) is 3. The van der Waals surface area contributed by atoms with E-state index in [4.69, 9.17) is 5.73 Å². The van der Waals surface area contributed by atoms with Crippen molar-refractivity contribution in [2.45, 2.75) is 6.92 Å².